The molecule has 0 aromatic carbocycles. The number of aryl methyl sites for hydroxylation is 2. The van der Waals surface area contributed by atoms with Gasteiger partial charge in [-0.1, -0.05) is 0 Å². The molecule has 2 fully saturated rings. The first kappa shape index (κ1) is 21.5. The number of aromatic nitrogens is 2. The van der Waals surface area contributed by atoms with Crippen molar-refractivity contribution in [2.75, 3.05) is 31.9 Å². The summed E-state index contributed by atoms with van der Waals surface area (Å²) in [7, 11) is 0. The van der Waals surface area contributed by atoms with Gasteiger partial charge in [0.2, 0.25) is 5.91 Å². The van der Waals surface area contributed by atoms with E-state index in [1.807, 2.05) is 0 Å². The normalized spacial score (nSPS) is 21.8. The summed E-state index contributed by atoms with van der Waals surface area (Å²) in [6.07, 6.45) is 9.91. The first-order chi connectivity index (χ1) is 15.2. The van der Waals surface area contributed by atoms with Gasteiger partial charge in [-0.3, -0.25) is 9.59 Å². The molecule has 1 aliphatic carbocycles. The van der Waals surface area contributed by atoms with Gasteiger partial charge in [0.15, 0.2) is 0 Å². The first-order valence-corrected chi connectivity index (χ1v) is 13.8. The number of H-pyrrole nitrogens is 1. The minimum atomic E-state index is 0.0119. The van der Waals surface area contributed by atoms with E-state index in [1.54, 1.807) is 23.1 Å². The van der Waals surface area contributed by atoms with Crippen LogP contribution in [0.1, 0.15) is 61.2 Å². The minimum absolute atomic E-state index is 0.0119. The van der Waals surface area contributed by atoms with E-state index < -0.39 is 0 Å². The molecule has 2 aromatic heterocycles. The topological polar surface area (TPSA) is 69.3 Å². The minimum Gasteiger partial charge on any atom is -0.338 e. The van der Waals surface area contributed by atoms with Crippen molar-refractivity contribution < 1.29 is 4.79 Å². The number of thiophene rings is 1. The third kappa shape index (κ3) is 4.71. The Morgan fingerprint density at radius 3 is 2.84 bits per heavy atom. The Morgan fingerprint density at radius 1 is 1.13 bits per heavy atom. The van der Waals surface area contributed by atoms with Crippen molar-refractivity contribution in [3.05, 3.63) is 26.6 Å². The predicted molar refractivity (Wildman–Crippen MR) is 128 cm³/mol. The molecule has 0 saturated carbocycles. The molecule has 2 aliphatic heterocycles. The molecule has 0 spiro atoms. The van der Waals surface area contributed by atoms with Gasteiger partial charge < -0.3 is 14.8 Å². The molecule has 0 bridgehead atoms. The summed E-state index contributed by atoms with van der Waals surface area (Å²) in [6, 6.07) is 0.404. The zero-order valence-electron chi connectivity index (χ0n) is 18.2. The Morgan fingerprint density at radius 2 is 1.97 bits per heavy atom. The van der Waals surface area contributed by atoms with Gasteiger partial charge in [0.05, 0.1) is 11.1 Å². The molecule has 2 aromatic rings. The summed E-state index contributed by atoms with van der Waals surface area (Å²) in [5.41, 5.74) is 1.25. The van der Waals surface area contributed by atoms with Crippen LogP contribution in [0.4, 0.5) is 0 Å². The van der Waals surface area contributed by atoms with E-state index >= 15 is 0 Å². The lowest BCUT2D eigenvalue weighted by atomic mass is 9.97. The second kappa shape index (κ2) is 9.63. The molecule has 168 valence electrons. The fourth-order valence-corrected chi connectivity index (χ4v) is 7.44. The second-order valence-electron chi connectivity index (χ2n) is 9.10. The van der Waals surface area contributed by atoms with Crippen LogP contribution in [-0.2, 0) is 23.4 Å². The van der Waals surface area contributed by atoms with E-state index in [9.17, 15) is 9.59 Å². The summed E-state index contributed by atoms with van der Waals surface area (Å²) in [6.45, 7) is 4.35. The van der Waals surface area contributed by atoms with Crippen LogP contribution in [0, 0.1) is 0 Å². The van der Waals surface area contributed by atoms with Gasteiger partial charge in [0.1, 0.15) is 10.7 Å². The van der Waals surface area contributed by atoms with E-state index in [4.69, 9.17) is 4.98 Å². The molecule has 8 heteroatoms. The predicted octanol–water partition coefficient (Wildman–Crippen LogP) is 3.57. The smallest absolute Gasteiger partial charge is 0.259 e. The largest absolute Gasteiger partial charge is 0.338 e. The maximum atomic E-state index is 12.8. The van der Waals surface area contributed by atoms with Crippen molar-refractivity contribution in [3.8, 4) is 0 Å². The highest BCUT2D eigenvalue weighted by molar-refractivity contribution is 7.98. The molecule has 1 atom stereocenters. The SMILES string of the molecule is O=C(CCSCc1nc2sc3c(c2c(=O)[nH]1)CCCC3)N1CCCC1CN1CCCC1. The van der Waals surface area contributed by atoms with E-state index in [2.05, 4.69) is 14.8 Å². The maximum absolute atomic E-state index is 12.8. The number of fused-ring (bicyclic) bond motifs is 3. The number of likely N-dealkylation sites (tertiary alicyclic amines) is 2. The highest BCUT2D eigenvalue weighted by atomic mass is 32.2. The quantitative estimate of drug-likeness (QED) is 0.640. The van der Waals surface area contributed by atoms with Crippen LogP contribution in [-0.4, -0.2) is 63.6 Å². The molecule has 4 heterocycles. The lowest BCUT2D eigenvalue weighted by Crippen LogP contribution is -2.42. The monoisotopic (exact) mass is 460 g/mol. The number of rotatable bonds is 7. The number of aromatic amines is 1. The molecular formula is C23H32N4O2S2. The molecule has 1 N–H and O–H groups in total. The molecule has 6 nitrogen and oxygen atoms in total. The molecule has 1 amide bonds. The molecule has 2 saturated heterocycles. The van der Waals surface area contributed by atoms with Gasteiger partial charge in [0.25, 0.3) is 5.56 Å². The lowest BCUT2D eigenvalue weighted by molar-refractivity contribution is -0.131. The molecule has 5 rings (SSSR count). The lowest BCUT2D eigenvalue weighted by Gasteiger charge is -2.28. The number of thioether (sulfide) groups is 1. The summed E-state index contributed by atoms with van der Waals surface area (Å²) >= 11 is 3.39. The van der Waals surface area contributed by atoms with Crippen molar-refractivity contribution in [1.29, 1.82) is 0 Å². The number of nitrogens with one attached hydrogen (secondary N) is 1. The third-order valence-electron chi connectivity index (χ3n) is 6.94. The molecule has 31 heavy (non-hydrogen) atoms. The summed E-state index contributed by atoms with van der Waals surface area (Å²) in [5, 5.41) is 0.821. The Balaban J connectivity index is 1.14. The van der Waals surface area contributed by atoms with Gasteiger partial charge in [-0.25, -0.2) is 4.98 Å². The van der Waals surface area contributed by atoms with Crippen molar-refractivity contribution >= 4 is 39.2 Å². The van der Waals surface area contributed by atoms with Gasteiger partial charge in [-0.05, 0) is 70.0 Å². The Hall–Kier alpha value is -1.38. The van der Waals surface area contributed by atoms with Crippen LogP contribution in [0.2, 0.25) is 0 Å². The number of amides is 1. The van der Waals surface area contributed by atoms with Crippen LogP contribution in [0.25, 0.3) is 10.2 Å². The Bertz CT molecular complexity index is 995. The fourth-order valence-electron chi connectivity index (χ4n) is 5.37. The van der Waals surface area contributed by atoms with E-state index in [0.29, 0.717) is 18.2 Å². The maximum Gasteiger partial charge on any atom is 0.259 e. The number of hydrogen-bond donors (Lipinski definition) is 1. The molecule has 3 aliphatic rings. The number of hydrogen-bond acceptors (Lipinski definition) is 6. The number of nitrogens with zero attached hydrogens (tertiary/aromatic N) is 3. The molecule has 1 unspecified atom stereocenters. The summed E-state index contributed by atoms with van der Waals surface area (Å²) in [5.74, 6) is 2.45. The first-order valence-electron chi connectivity index (χ1n) is 11.8. The summed E-state index contributed by atoms with van der Waals surface area (Å²) < 4.78 is 0. The standard InChI is InChI=1S/C23H32N4O2S2/c28-20(27-12-5-6-16(27)14-26-10-3-4-11-26)9-13-30-15-19-24-22(29)21-17-7-1-2-8-18(17)31-23(21)25-19/h16H,1-15H2,(H,24,25,29). The van der Waals surface area contributed by atoms with Gasteiger partial charge in [-0.2, -0.15) is 11.8 Å². The van der Waals surface area contributed by atoms with Gasteiger partial charge in [-0.15, -0.1) is 11.3 Å². The van der Waals surface area contributed by atoms with Crippen LogP contribution >= 0.6 is 23.1 Å². The van der Waals surface area contributed by atoms with Gasteiger partial charge in [0, 0.05) is 36.2 Å². The number of carbonyl (C=O) groups is 1. The Kier molecular flexibility index (Phi) is 6.67. The van der Waals surface area contributed by atoms with Crippen LogP contribution in [0.15, 0.2) is 4.79 Å². The summed E-state index contributed by atoms with van der Waals surface area (Å²) in [4.78, 5) is 40.1. The van der Waals surface area contributed by atoms with E-state index in [0.717, 1.165) is 60.6 Å². The fraction of sp³-hybridized carbons (Fsp3) is 0.696. The second-order valence-corrected chi connectivity index (χ2v) is 11.3. The van der Waals surface area contributed by atoms with Crippen LogP contribution in [0.3, 0.4) is 0 Å². The van der Waals surface area contributed by atoms with E-state index in [-0.39, 0.29) is 11.5 Å². The van der Waals surface area contributed by atoms with Crippen molar-refractivity contribution in [2.24, 2.45) is 0 Å². The average Bonchev–Trinajstić information content (AvgIpc) is 3.51. The van der Waals surface area contributed by atoms with Crippen LogP contribution < -0.4 is 5.56 Å². The van der Waals surface area contributed by atoms with Crippen molar-refractivity contribution in [3.63, 3.8) is 0 Å². The zero-order valence-corrected chi connectivity index (χ0v) is 19.8. The number of carbonyl (C=O) groups excluding carboxylic acids is 1. The van der Waals surface area contributed by atoms with E-state index in [1.165, 1.54) is 49.2 Å². The molecule has 0 radical (unpaired) electrons. The zero-order chi connectivity index (χ0) is 21.2. The Labute approximate surface area is 191 Å². The molecular weight excluding hydrogens is 428 g/mol. The average molecular weight is 461 g/mol. The van der Waals surface area contributed by atoms with Gasteiger partial charge >= 0.3 is 0 Å². The van der Waals surface area contributed by atoms with Crippen molar-refractivity contribution in [2.45, 2.75) is 69.6 Å². The van der Waals surface area contributed by atoms with Crippen LogP contribution in [0.5, 0.6) is 0 Å². The highest BCUT2D eigenvalue weighted by Gasteiger charge is 2.30. The highest BCUT2D eigenvalue weighted by Crippen LogP contribution is 2.33. The third-order valence-corrected chi connectivity index (χ3v) is 9.09. The van der Waals surface area contributed by atoms with Crippen molar-refractivity contribution in [1.82, 2.24) is 19.8 Å².